The zero-order valence-corrected chi connectivity index (χ0v) is 15.0. The van der Waals surface area contributed by atoms with Crippen molar-refractivity contribution in [2.24, 2.45) is 0 Å². The summed E-state index contributed by atoms with van der Waals surface area (Å²) in [5.74, 6) is 1.53. The number of aromatic amines is 1. The molecule has 1 heterocycles. The molecule has 0 unspecified atom stereocenters. The largest absolute Gasteiger partial charge is 0.496 e. The van der Waals surface area contributed by atoms with Crippen LogP contribution in [0.2, 0.25) is 0 Å². The Morgan fingerprint density at radius 1 is 1.24 bits per heavy atom. The van der Waals surface area contributed by atoms with Crippen LogP contribution in [-0.2, 0) is 6.54 Å². The lowest BCUT2D eigenvalue weighted by Crippen LogP contribution is -2.26. The van der Waals surface area contributed by atoms with Gasteiger partial charge in [-0.2, -0.15) is 0 Å². The number of hydrogen-bond donors (Lipinski definition) is 1. The minimum absolute atomic E-state index is 0.0393. The average molecular weight is 337 g/mol. The molecule has 0 aliphatic heterocycles. The Labute approximate surface area is 147 Å². The summed E-state index contributed by atoms with van der Waals surface area (Å²) in [6, 6.07) is 13.5. The van der Waals surface area contributed by atoms with Crippen molar-refractivity contribution in [1.29, 1.82) is 0 Å². The van der Waals surface area contributed by atoms with Gasteiger partial charge >= 0.3 is 0 Å². The summed E-state index contributed by atoms with van der Waals surface area (Å²) in [7, 11) is 3.70. The first-order valence-corrected chi connectivity index (χ1v) is 8.32. The lowest BCUT2D eigenvalue weighted by Gasteiger charge is -2.25. The fraction of sp³-hybridized carbons (Fsp3) is 0.300. The highest BCUT2D eigenvalue weighted by molar-refractivity contribution is 5.77. The fourth-order valence-corrected chi connectivity index (χ4v) is 2.95. The summed E-state index contributed by atoms with van der Waals surface area (Å²) >= 11 is 0. The van der Waals surface area contributed by atoms with Gasteiger partial charge in [0, 0.05) is 12.1 Å². The van der Waals surface area contributed by atoms with Crippen molar-refractivity contribution in [3.63, 3.8) is 0 Å². The number of H-pyrrole nitrogens is 1. The number of para-hydroxylation sites is 1. The third-order valence-electron chi connectivity index (χ3n) is 4.54. The zero-order chi connectivity index (χ0) is 18.0. The number of ether oxygens (including phenoxy) is 1. The van der Waals surface area contributed by atoms with E-state index in [2.05, 4.69) is 27.9 Å². The zero-order valence-electron chi connectivity index (χ0n) is 15.0. The lowest BCUT2D eigenvalue weighted by atomic mass is 10.1. The quantitative estimate of drug-likeness (QED) is 0.775. The van der Waals surface area contributed by atoms with Gasteiger partial charge < -0.3 is 9.72 Å². The molecule has 0 saturated carbocycles. The Balaban J connectivity index is 1.89. The summed E-state index contributed by atoms with van der Waals surface area (Å²) in [6.07, 6.45) is 0. The van der Waals surface area contributed by atoms with E-state index in [4.69, 9.17) is 4.74 Å². The Morgan fingerprint density at radius 2 is 2.00 bits per heavy atom. The number of methoxy groups -OCH3 is 1. The molecule has 2 aromatic carbocycles. The molecule has 0 radical (unpaired) electrons. The second kappa shape index (κ2) is 7.07. The molecule has 1 atom stereocenters. The molecule has 5 nitrogen and oxygen atoms in total. The number of nitrogens with one attached hydrogen (secondary N) is 1. The number of aryl methyl sites for hydroxylation is 1. The third kappa shape index (κ3) is 3.56. The summed E-state index contributed by atoms with van der Waals surface area (Å²) in [5.41, 5.74) is 2.91. The van der Waals surface area contributed by atoms with Crippen LogP contribution in [0.3, 0.4) is 0 Å². The van der Waals surface area contributed by atoms with Gasteiger partial charge in [-0.25, -0.2) is 4.98 Å². The molecular weight excluding hydrogens is 314 g/mol. The molecule has 1 N–H and O–H groups in total. The van der Waals surface area contributed by atoms with E-state index >= 15 is 0 Å². The average Bonchev–Trinajstić information content (AvgIpc) is 2.61. The van der Waals surface area contributed by atoms with Crippen LogP contribution >= 0.6 is 0 Å². The Morgan fingerprint density at radius 3 is 2.76 bits per heavy atom. The highest BCUT2D eigenvalue weighted by Gasteiger charge is 2.17. The topological polar surface area (TPSA) is 58.2 Å². The van der Waals surface area contributed by atoms with Crippen molar-refractivity contribution < 1.29 is 4.74 Å². The van der Waals surface area contributed by atoms with Crippen molar-refractivity contribution in [3.05, 3.63) is 69.8 Å². The number of fused-ring (bicyclic) bond motifs is 1. The smallest absolute Gasteiger partial charge is 0.258 e. The van der Waals surface area contributed by atoms with Crippen LogP contribution in [-0.4, -0.2) is 29.0 Å². The molecule has 0 amide bonds. The van der Waals surface area contributed by atoms with Crippen LogP contribution in [0.4, 0.5) is 0 Å². The maximum absolute atomic E-state index is 12.3. The highest BCUT2D eigenvalue weighted by atomic mass is 16.5. The summed E-state index contributed by atoms with van der Waals surface area (Å²) in [5, 5.41) is 0.612. The van der Waals surface area contributed by atoms with Crippen LogP contribution in [0, 0.1) is 6.92 Å². The monoisotopic (exact) mass is 337 g/mol. The van der Waals surface area contributed by atoms with Crippen molar-refractivity contribution >= 4 is 10.9 Å². The van der Waals surface area contributed by atoms with Crippen LogP contribution < -0.4 is 10.3 Å². The van der Waals surface area contributed by atoms with Crippen molar-refractivity contribution in [2.75, 3.05) is 14.2 Å². The van der Waals surface area contributed by atoms with Gasteiger partial charge in [0.05, 0.1) is 24.1 Å². The van der Waals surface area contributed by atoms with Crippen molar-refractivity contribution in [1.82, 2.24) is 14.9 Å². The predicted molar refractivity (Wildman–Crippen MR) is 100.0 cm³/mol. The van der Waals surface area contributed by atoms with E-state index in [0.717, 1.165) is 16.8 Å². The van der Waals surface area contributed by atoms with Crippen LogP contribution in [0.15, 0.2) is 47.3 Å². The first-order chi connectivity index (χ1) is 12.0. The molecule has 0 saturated heterocycles. The second-order valence-electron chi connectivity index (χ2n) is 6.37. The molecule has 0 aliphatic carbocycles. The van der Waals surface area contributed by atoms with E-state index in [1.165, 1.54) is 5.56 Å². The molecule has 0 aliphatic rings. The van der Waals surface area contributed by atoms with Gasteiger partial charge in [-0.15, -0.1) is 0 Å². The van der Waals surface area contributed by atoms with Gasteiger partial charge in [-0.1, -0.05) is 29.8 Å². The molecule has 3 rings (SSSR count). The standard InChI is InChI=1S/C20H23N3O2/c1-13-9-10-18(25-4)15(11-13)12-23(3)14(2)19-21-17-8-6-5-7-16(17)20(24)22-19/h5-11,14H,12H2,1-4H3,(H,21,22,24)/t14-/m1/s1. The van der Waals surface area contributed by atoms with E-state index in [0.29, 0.717) is 17.8 Å². The van der Waals surface area contributed by atoms with Crippen LogP contribution in [0.5, 0.6) is 5.75 Å². The first kappa shape index (κ1) is 17.2. The molecular formula is C20H23N3O2. The van der Waals surface area contributed by atoms with Gasteiger partial charge in [0.1, 0.15) is 11.6 Å². The second-order valence-corrected chi connectivity index (χ2v) is 6.37. The van der Waals surface area contributed by atoms with Crippen LogP contribution in [0.1, 0.15) is 29.9 Å². The Kier molecular flexibility index (Phi) is 4.86. The van der Waals surface area contributed by atoms with Gasteiger partial charge in [0.2, 0.25) is 0 Å². The summed E-state index contributed by atoms with van der Waals surface area (Å²) < 4.78 is 5.46. The van der Waals surface area contributed by atoms with Gasteiger partial charge in [-0.05, 0) is 39.1 Å². The Bertz CT molecular complexity index is 949. The van der Waals surface area contributed by atoms with Gasteiger partial charge in [-0.3, -0.25) is 9.69 Å². The normalized spacial score (nSPS) is 12.5. The molecule has 0 fully saturated rings. The third-order valence-corrected chi connectivity index (χ3v) is 4.54. The van der Waals surface area contributed by atoms with Gasteiger partial charge in [0.15, 0.2) is 0 Å². The molecule has 5 heteroatoms. The summed E-state index contributed by atoms with van der Waals surface area (Å²) in [6.45, 7) is 4.80. The first-order valence-electron chi connectivity index (χ1n) is 8.32. The lowest BCUT2D eigenvalue weighted by molar-refractivity contribution is 0.240. The predicted octanol–water partition coefficient (Wildman–Crippen LogP) is 3.43. The number of aromatic nitrogens is 2. The molecule has 130 valence electrons. The molecule has 0 bridgehead atoms. The van der Waals surface area contributed by atoms with E-state index in [1.807, 2.05) is 44.3 Å². The van der Waals surface area contributed by atoms with Gasteiger partial charge in [0.25, 0.3) is 5.56 Å². The van der Waals surface area contributed by atoms with E-state index < -0.39 is 0 Å². The maximum atomic E-state index is 12.3. The van der Waals surface area contributed by atoms with E-state index in [1.54, 1.807) is 13.2 Å². The van der Waals surface area contributed by atoms with E-state index in [9.17, 15) is 4.79 Å². The fourth-order valence-electron chi connectivity index (χ4n) is 2.95. The number of hydrogen-bond acceptors (Lipinski definition) is 4. The number of benzene rings is 2. The molecule has 25 heavy (non-hydrogen) atoms. The minimum Gasteiger partial charge on any atom is -0.496 e. The van der Waals surface area contributed by atoms with Crippen molar-refractivity contribution in [2.45, 2.75) is 26.4 Å². The Hall–Kier alpha value is -2.66. The maximum Gasteiger partial charge on any atom is 0.258 e. The summed E-state index contributed by atoms with van der Waals surface area (Å²) in [4.78, 5) is 22.0. The van der Waals surface area contributed by atoms with Crippen molar-refractivity contribution in [3.8, 4) is 5.75 Å². The highest BCUT2D eigenvalue weighted by Crippen LogP contribution is 2.24. The molecule has 1 aromatic heterocycles. The number of nitrogens with zero attached hydrogens (tertiary/aromatic N) is 2. The van der Waals surface area contributed by atoms with Crippen LogP contribution in [0.25, 0.3) is 10.9 Å². The van der Waals surface area contributed by atoms with E-state index in [-0.39, 0.29) is 11.6 Å². The molecule has 3 aromatic rings. The number of rotatable bonds is 5. The minimum atomic E-state index is -0.103. The molecule has 0 spiro atoms. The SMILES string of the molecule is COc1ccc(C)cc1CN(C)[C@H](C)c1nc2ccccc2c(=O)[nH]1.